The number of hydrogen-bond donors (Lipinski definition) is 1. The molecule has 0 heterocycles. The van der Waals surface area contributed by atoms with Gasteiger partial charge in [-0.05, 0) is 48.6 Å². The van der Waals surface area contributed by atoms with E-state index in [4.69, 9.17) is 5.26 Å². The molecular formula is C17H16N2O2S. The van der Waals surface area contributed by atoms with Crippen molar-refractivity contribution in [2.24, 2.45) is 0 Å². The molecule has 0 saturated carbocycles. The van der Waals surface area contributed by atoms with E-state index >= 15 is 0 Å². The van der Waals surface area contributed by atoms with Crippen LogP contribution in [0.5, 0.6) is 0 Å². The fourth-order valence-electron chi connectivity index (χ4n) is 2.86. The van der Waals surface area contributed by atoms with Crippen molar-refractivity contribution in [2.45, 2.75) is 30.2 Å². The SMILES string of the molecule is N#Cc1cccc(S(=O)(=O)NC2CCCc3ccccc32)c1. The Morgan fingerprint density at radius 2 is 1.95 bits per heavy atom. The van der Waals surface area contributed by atoms with Crippen LogP contribution < -0.4 is 4.72 Å². The molecule has 0 aliphatic heterocycles. The number of benzene rings is 2. The maximum atomic E-state index is 12.6. The van der Waals surface area contributed by atoms with E-state index in [1.54, 1.807) is 12.1 Å². The van der Waals surface area contributed by atoms with Crippen LogP contribution in [0.4, 0.5) is 0 Å². The van der Waals surface area contributed by atoms with Gasteiger partial charge >= 0.3 is 0 Å². The van der Waals surface area contributed by atoms with Crippen molar-refractivity contribution in [3.8, 4) is 6.07 Å². The lowest BCUT2D eigenvalue weighted by Crippen LogP contribution is -2.31. The summed E-state index contributed by atoms with van der Waals surface area (Å²) in [6.07, 6.45) is 2.73. The Labute approximate surface area is 130 Å². The second-order valence-corrected chi connectivity index (χ2v) is 7.12. The summed E-state index contributed by atoms with van der Waals surface area (Å²) in [7, 11) is -3.64. The zero-order valence-corrected chi connectivity index (χ0v) is 12.8. The molecule has 0 saturated heterocycles. The fraction of sp³-hybridized carbons (Fsp3) is 0.235. The Kier molecular flexibility index (Phi) is 3.97. The summed E-state index contributed by atoms with van der Waals surface area (Å²) in [5.41, 5.74) is 2.59. The third-order valence-electron chi connectivity index (χ3n) is 3.94. The first kappa shape index (κ1) is 14.8. The van der Waals surface area contributed by atoms with E-state index in [2.05, 4.69) is 4.72 Å². The van der Waals surface area contributed by atoms with Gasteiger partial charge in [0.15, 0.2) is 0 Å². The molecule has 3 rings (SSSR count). The van der Waals surface area contributed by atoms with Crippen molar-refractivity contribution in [1.29, 1.82) is 5.26 Å². The van der Waals surface area contributed by atoms with Gasteiger partial charge in [0.25, 0.3) is 0 Å². The van der Waals surface area contributed by atoms with Crippen molar-refractivity contribution in [3.05, 3.63) is 65.2 Å². The highest BCUT2D eigenvalue weighted by molar-refractivity contribution is 7.89. The minimum Gasteiger partial charge on any atom is -0.207 e. The average molecular weight is 312 g/mol. The second-order valence-electron chi connectivity index (χ2n) is 5.40. The monoisotopic (exact) mass is 312 g/mol. The molecular weight excluding hydrogens is 296 g/mol. The molecule has 0 radical (unpaired) electrons. The molecule has 0 fully saturated rings. The van der Waals surface area contributed by atoms with Gasteiger partial charge in [0.1, 0.15) is 0 Å². The minimum absolute atomic E-state index is 0.134. The predicted molar refractivity (Wildman–Crippen MR) is 83.6 cm³/mol. The van der Waals surface area contributed by atoms with Gasteiger partial charge in [-0.25, -0.2) is 13.1 Å². The summed E-state index contributed by atoms with van der Waals surface area (Å²) in [5, 5.41) is 8.91. The Bertz CT molecular complexity index is 838. The fourth-order valence-corrected chi connectivity index (χ4v) is 4.16. The first-order chi connectivity index (χ1) is 10.6. The number of sulfonamides is 1. The lowest BCUT2D eigenvalue weighted by atomic mass is 9.88. The highest BCUT2D eigenvalue weighted by atomic mass is 32.2. The van der Waals surface area contributed by atoms with Crippen LogP contribution in [0.1, 0.15) is 35.6 Å². The molecule has 1 unspecified atom stereocenters. The highest BCUT2D eigenvalue weighted by Gasteiger charge is 2.25. The average Bonchev–Trinajstić information content (AvgIpc) is 2.55. The molecule has 1 atom stereocenters. The molecule has 0 aromatic heterocycles. The Balaban J connectivity index is 1.91. The predicted octanol–water partition coefficient (Wildman–Crippen LogP) is 2.91. The highest BCUT2D eigenvalue weighted by Crippen LogP contribution is 2.30. The van der Waals surface area contributed by atoms with Crippen molar-refractivity contribution >= 4 is 10.0 Å². The summed E-state index contributed by atoms with van der Waals surface area (Å²) >= 11 is 0. The van der Waals surface area contributed by atoms with E-state index in [9.17, 15) is 8.42 Å². The van der Waals surface area contributed by atoms with Gasteiger partial charge in [0.2, 0.25) is 10.0 Å². The number of nitrogens with one attached hydrogen (secondary N) is 1. The maximum Gasteiger partial charge on any atom is 0.241 e. The number of rotatable bonds is 3. The lowest BCUT2D eigenvalue weighted by Gasteiger charge is -2.26. The van der Waals surface area contributed by atoms with Crippen LogP contribution in [0, 0.1) is 11.3 Å². The Morgan fingerprint density at radius 3 is 2.77 bits per heavy atom. The van der Waals surface area contributed by atoms with Gasteiger partial charge in [-0.3, -0.25) is 0 Å². The third-order valence-corrected chi connectivity index (χ3v) is 5.41. The van der Waals surface area contributed by atoms with Gasteiger partial charge in [-0.1, -0.05) is 30.3 Å². The quantitative estimate of drug-likeness (QED) is 0.947. The van der Waals surface area contributed by atoms with Crippen molar-refractivity contribution < 1.29 is 8.42 Å². The summed E-state index contributed by atoms with van der Waals surface area (Å²) in [6, 6.07) is 15.8. The minimum atomic E-state index is -3.64. The van der Waals surface area contributed by atoms with E-state index in [0.717, 1.165) is 24.8 Å². The van der Waals surface area contributed by atoms with Crippen LogP contribution in [0.3, 0.4) is 0 Å². The molecule has 2 aromatic carbocycles. The molecule has 4 nitrogen and oxygen atoms in total. The van der Waals surface area contributed by atoms with Crippen molar-refractivity contribution in [1.82, 2.24) is 4.72 Å². The molecule has 1 aliphatic rings. The van der Waals surface area contributed by atoms with Crippen molar-refractivity contribution in [3.63, 3.8) is 0 Å². The largest absolute Gasteiger partial charge is 0.241 e. The molecule has 0 amide bonds. The van der Waals surface area contributed by atoms with Crippen LogP contribution in [0.25, 0.3) is 0 Å². The maximum absolute atomic E-state index is 12.6. The summed E-state index contributed by atoms with van der Waals surface area (Å²) in [5.74, 6) is 0. The molecule has 2 aromatic rings. The van der Waals surface area contributed by atoms with E-state index < -0.39 is 10.0 Å². The lowest BCUT2D eigenvalue weighted by molar-refractivity contribution is 0.507. The van der Waals surface area contributed by atoms with E-state index in [0.29, 0.717) is 5.56 Å². The number of hydrogen-bond acceptors (Lipinski definition) is 3. The topological polar surface area (TPSA) is 70.0 Å². The van der Waals surface area contributed by atoms with Gasteiger partial charge in [0.05, 0.1) is 16.5 Å². The standard InChI is InChI=1S/C17H16N2O2S/c18-12-13-5-3-8-15(11-13)22(20,21)19-17-10-4-7-14-6-1-2-9-16(14)17/h1-3,5-6,8-9,11,17,19H,4,7,10H2. The number of fused-ring (bicyclic) bond motifs is 1. The Hall–Kier alpha value is -2.16. The second kappa shape index (κ2) is 5.91. The third kappa shape index (κ3) is 2.89. The number of nitriles is 1. The zero-order valence-electron chi connectivity index (χ0n) is 12.0. The summed E-state index contributed by atoms with van der Waals surface area (Å²) < 4.78 is 27.9. The molecule has 1 N–H and O–H groups in total. The first-order valence-electron chi connectivity index (χ1n) is 7.20. The van der Waals surface area contributed by atoms with Crippen molar-refractivity contribution in [2.75, 3.05) is 0 Å². The van der Waals surface area contributed by atoms with Gasteiger partial charge in [0, 0.05) is 6.04 Å². The van der Waals surface area contributed by atoms with Crippen LogP contribution in [0.15, 0.2) is 53.4 Å². The van der Waals surface area contributed by atoms with Crippen LogP contribution >= 0.6 is 0 Å². The number of aryl methyl sites for hydroxylation is 1. The Morgan fingerprint density at radius 1 is 1.14 bits per heavy atom. The van der Waals surface area contributed by atoms with Crippen LogP contribution in [0.2, 0.25) is 0 Å². The molecule has 112 valence electrons. The van der Waals surface area contributed by atoms with E-state index in [1.165, 1.54) is 17.7 Å². The molecule has 5 heteroatoms. The zero-order chi connectivity index (χ0) is 15.6. The molecule has 0 bridgehead atoms. The van der Waals surface area contributed by atoms with Gasteiger partial charge in [-0.2, -0.15) is 5.26 Å². The number of nitrogens with zero attached hydrogens (tertiary/aromatic N) is 1. The van der Waals surface area contributed by atoms with Crippen LogP contribution in [-0.4, -0.2) is 8.42 Å². The summed E-state index contributed by atoms with van der Waals surface area (Å²) in [4.78, 5) is 0.134. The van der Waals surface area contributed by atoms with Gasteiger partial charge < -0.3 is 0 Å². The smallest absolute Gasteiger partial charge is 0.207 e. The normalized spacial score (nSPS) is 17.5. The van der Waals surface area contributed by atoms with E-state index in [1.807, 2.05) is 30.3 Å². The molecule has 0 spiro atoms. The van der Waals surface area contributed by atoms with Gasteiger partial charge in [-0.15, -0.1) is 0 Å². The van der Waals surface area contributed by atoms with E-state index in [-0.39, 0.29) is 10.9 Å². The van der Waals surface area contributed by atoms with Crippen LogP contribution in [-0.2, 0) is 16.4 Å². The summed E-state index contributed by atoms with van der Waals surface area (Å²) in [6.45, 7) is 0. The molecule has 22 heavy (non-hydrogen) atoms. The first-order valence-corrected chi connectivity index (χ1v) is 8.69. The molecule has 1 aliphatic carbocycles.